The molecule has 0 bridgehead atoms. The molecule has 0 spiro atoms. The molecule has 1 aromatic rings. The maximum Gasteiger partial charge on any atom is 0.251 e. The summed E-state index contributed by atoms with van der Waals surface area (Å²) in [6, 6.07) is 7.61. The van der Waals surface area contributed by atoms with Gasteiger partial charge in [-0.25, -0.2) is 0 Å². The van der Waals surface area contributed by atoms with Gasteiger partial charge in [-0.2, -0.15) is 0 Å². The van der Waals surface area contributed by atoms with Crippen LogP contribution < -0.4 is 9.47 Å². The third-order valence-corrected chi connectivity index (χ3v) is 4.62. The number of ether oxygens (including phenoxy) is 3. The minimum absolute atomic E-state index is 0.168. The lowest BCUT2D eigenvalue weighted by Crippen LogP contribution is -2.52. The van der Waals surface area contributed by atoms with Gasteiger partial charge in [-0.05, 0) is 37.1 Å². The molecule has 6 nitrogen and oxygen atoms in total. The van der Waals surface area contributed by atoms with E-state index in [0.29, 0.717) is 6.61 Å². The van der Waals surface area contributed by atoms with E-state index in [1.54, 1.807) is 7.11 Å². The van der Waals surface area contributed by atoms with Gasteiger partial charge in [0.1, 0.15) is 24.2 Å². The van der Waals surface area contributed by atoms with Crippen molar-refractivity contribution < 1.29 is 19.0 Å². The van der Waals surface area contributed by atoms with Crippen LogP contribution in [0.25, 0.3) is 0 Å². The van der Waals surface area contributed by atoms with E-state index >= 15 is 0 Å². The van der Waals surface area contributed by atoms with Crippen molar-refractivity contribution in [1.82, 2.24) is 9.80 Å². The number of methoxy groups -OCH3 is 1. The van der Waals surface area contributed by atoms with Crippen molar-refractivity contribution in [2.45, 2.75) is 18.9 Å². The lowest BCUT2D eigenvalue weighted by Gasteiger charge is -2.35. The van der Waals surface area contributed by atoms with Crippen LogP contribution in [0, 0.1) is 0 Å². The molecule has 0 unspecified atom stereocenters. The highest BCUT2D eigenvalue weighted by Crippen LogP contribution is 2.18. The molecule has 1 aromatic carbocycles. The number of benzene rings is 1. The quantitative estimate of drug-likeness (QED) is 0.787. The molecule has 0 aliphatic carbocycles. The van der Waals surface area contributed by atoms with Gasteiger partial charge in [0.15, 0.2) is 0 Å². The first kappa shape index (κ1) is 17.0. The van der Waals surface area contributed by atoms with Crippen molar-refractivity contribution in [2.24, 2.45) is 0 Å². The van der Waals surface area contributed by atoms with Crippen molar-refractivity contribution >= 4 is 5.91 Å². The summed E-state index contributed by atoms with van der Waals surface area (Å²) >= 11 is 0. The fourth-order valence-electron chi connectivity index (χ4n) is 3.13. The van der Waals surface area contributed by atoms with E-state index in [1.807, 2.05) is 29.2 Å². The maximum absolute atomic E-state index is 12.3. The molecule has 6 heteroatoms. The second kappa shape index (κ2) is 8.35. The summed E-state index contributed by atoms with van der Waals surface area (Å²) in [7, 11) is 1.65. The molecule has 1 amide bonds. The zero-order valence-electron chi connectivity index (χ0n) is 14.3. The predicted molar refractivity (Wildman–Crippen MR) is 90.5 cm³/mol. The Morgan fingerprint density at radius 2 is 1.88 bits per heavy atom. The van der Waals surface area contributed by atoms with Crippen molar-refractivity contribution in [3.63, 3.8) is 0 Å². The van der Waals surface area contributed by atoms with Crippen LogP contribution in [0.15, 0.2) is 24.3 Å². The van der Waals surface area contributed by atoms with Gasteiger partial charge in [-0.3, -0.25) is 9.69 Å². The van der Waals surface area contributed by atoms with E-state index in [0.717, 1.165) is 63.7 Å². The summed E-state index contributed by atoms with van der Waals surface area (Å²) in [4.78, 5) is 16.6. The Morgan fingerprint density at radius 3 is 2.50 bits per heavy atom. The number of hydrogen-bond donors (Lipinski definition) is 0. The number of piperazine rings is 1. The van der Waals surface area contributed by atoms with Gasteiger partial charge in [0, 0.05) is 39.3 Å². The van der Waals surface area contributed by atoms with E-state index in [1.165, 1.54) is 0 Å². The molecule has 3 rings (SSSR count). The smallest absolute Gasteiger partial charge is 0.251 e. The zero-order chi connectivity index (χ0) is 16.8. The van der Waals surface area contributed by atoms with Crippen molar-refractivity contribution in [3.8, 4) is 11.5 Å². The summed E-state index contributed by atoms with van der Waals surface area (Å²) < 4.78 is 16.4. The summed E-state index contributed by atoms with van der Waals surface area (Å²) in [6.07, 6.45) is 1.67. The van der Waals surface area contributed by atoms with Gasteiger partial charge in [-0.15, -0.1) is 0 Å². The molecule has 1 atom stereocenters. The largest absolute Gasteiger partial charge is 0.497 e. The molecular weight excluding hydrogens is 308 g/mol. The molecule has 0 saturated carbocycles. The van der Waals surface area contributed by atoms with Crippen molar-refractivity contribution in [1.29, 1.82) is 0 Å². The number of nitrogens with zero attached hydrogens (tertiary/aromatic N) is 2. The molecule has 0 radical (unpaired) electrons. The second-order valence-electron chi connectivity index (χ2n) is 6.19. The molecule has 2 heterocycles. The molecule has 24 heavy (non-hydrogen) atoms. The number of hydrogen-bond acceptors (Lipinski definition) is 5. The molecule has 2 aliphatic heterocycles. The Balaban J connectivity index is 1.35. The van der Waals surface area contributed by atoms with Crippen LogP contribution in [-0.4, -0.2) is 74.9 Å². The van der Waals surface area contributed by atoms with Crippen LogP contribution in [0.2, 0.25) is 0 Å². The first-order chi connectivity index (χ1) is 11.8. The summed E-state index contributed by atoms with van der Waals surface area (Å²) in [5.74, 6) is 1.85. The monoisotopic (exact) mass is 334 g/mol. The minimum atomic E-state index is -0.199. The Kier molecular flexibility index (Phi) is 5.93. The third-order valence-electron chi connectivity index (χ3n) is 4.62. The van der Waals surface area contributed by atoms with E-state index < -0.39 is 0 Å². The summed E-state index contributed by atoms with van der Waals surface area (Å²) in [6.45, 7) is 5.58. The molecule has 0 N–H and O–H groups in total. The highest BCUT2D eigenvalue weighted by Gasteiger charge is 2.30. The Labute approximate surface area is 143 Å². The van der Waals surface area contributed by atoms with Gasteiger partial charge in [-0.1, -0.05) is 0 Å². The molecule has 0 aromatic heterocycles. The Morgan fingerprint density at radius 1 is 1.17 bits per heavy atom. The van der Waals surface area contributed by atoms with Crippen molar-refractivity contribution in [2.75, 3.05) is 53.0 Å². The Bertz CT molecular complexity index is 520. The highest BCUT2D eigenvalue weighted by molar-refractivity contribution is 5.81. The molecule has 2 aliphatic rings. The second-order valence-corrected chi connectivity index (χ2v) is 6.19. The van der Waals surface area contributed by atoms with E-state index in [4.69, 9.17) is 14.2 Å². The van der Waals surface area contributed by atoms with Crippen molar-refractivity contribution in [3.05, 3.63) is 24.3 Å². The van der Waals surface area contributed by atoms with E-state index in [-0.39, 0.29) is 12.0 Å². The normalized spacial score (nSPS) is 21.7. The lowest BCUT2D eigenvalue weighted by molar-refractivity contribution is -0.142. The number of rotatable bonds is 6. The van der Waals surface area contributed by atoms with E-state index in [2.05, 4.69) is 4.90 Å². The van der Waals surface area contributed by atoms with Gasteiger partial charge in [0.2, 0.25) is 0 Å². The minimum Gasteiger partial charge on any atom is -0.497 e. The van der Waals surface area contributed by atoms with Gasteiger partial charge < -0.3 is 19.1 Å². The summed E-state index contributed by atoms with van der Waals surface area (Å²) in [5.41, 5.74) is 0. The number of carbonyl (C=O) groups is 1. The number of amides is 1. The zero-order valence-corrected chi connectivity index (χ0v) is 14.3. The van der Waals surface area contributed by atoms with Crippen LogP contribution >= 0.6 is 0 Å². The fraction of sp³-hybridized carbons (Fsp3) is 0.611. The average Bonchev–Trinajstić information content (AvgIpc) is 3.17. The molecular formula is C18H26N2O4. The first-order valence-electron chi connectivity index (χ1n) is 8.66. The lowest BCUT2D eigenvalue weighted by atomic mass is 10.2. The molecule has 2 saturated heterocycles. The van der Waals surface area contributed by atoms with Crippen LogP contribution in [0.1, 0.15) is 12.8 Å². The van der Waals surface area contributed by atoms with Crippen LogP contribution in [0.4, 0.5) is 0 Å². The third kappa shape index (κ3) is 4.39. The molecule has 132 valence electrons. The van der Waals surface area contributed by atoms with Gasteiger partial charge in [0.25, 0.3) is 5.91 Å². The fourth-order valence-corrected chi connectivity index (χ4v) is 3.13. The molecule has 2 fully saturated rings. The average molecular weight is 334 g/mol. The topological polar surface area (TPSA) is 51.2 Å². The van der Waals surface area contributed by atoms with Gasteiger partial charge >= 0.3 is 0 Å². The standard InChI is InChI=1S/C18H26N2O4/c1-22-15-4-6-16(7-5-15)23-14-12-19-8-10-20(11-9-19)18(21)17-3-2-13-24-17/h4-7,17H,2-3,8-14H2,1H3/t17-/m1/s1. The van der Waals surface area contributed by atoms with Crippen LogP contribution in [0.3, 0.4) is 0 Å². The maximum atomic E-state index is 12.3. The van der Waals surface area contributed by atoms with Gasteiger partial charge in [0.05, 0.1) is 7.11 Å². The summed E-state index contributed by atoms with van der Waals surface area (Å²) in [5, 5.41) is 0. The van der Waals surface area contributed by atoms with Crippen LogP contribution in [0.5, 0.6) is 11.5 Å². The van der Waals surface area contributed by atoms with Crippen LogP contribution in [-0.2, 0) is 9.53 Å². The first-order valence-corrected chi connectivity index (χ1v) is 8.66. The Hall–Kier alpha value is -1.79. The highest BCUT2D eigenvalue weighted by atomic mass is 16.5. The predicted octanol–water partition coefficient (Wildman–Crippen LogP) is 1.40. The number of carbonyl (C=O) groups excluding carboxylic acids is 1. The SMILES string of the molecule is COc1ccc(OCCN2CCN(C(=O)[C@H]3CCCO3)CC2)cc1. The van der Waals surface area contributed by atoms with E-state index in [9.17, 15) is 4.79 Å².